The molecule has 0 atom stereocenters. The van der Waals surface area contributed by atoms with E-state index < -0.39 is 0 Å². The van der Waals surface area contributed by atoms with E-state index >= 15 is 0 Å². The molecule has 5 aliphatic carbocycles. The minimum Gasteiger partial charge on any atom is -0.455 e. The predicted octanol–water partition coefficient (Wildman–Crippen LogP) is 7.67. The van der Waals surface area contributed by atoms with Crippen molar-refractivity contribution in [1.82, 2.24) is 0 Å². The third-order valence-electron chi connectivity index (χ3n) is 8.91. The normalized spacial score (nSPS) is 33.6. The maximum absolute atomic E-state index is 6.39. The van der Waals surface area contributed by atoms with Crippen molar-refractivity contribution < 1.29 is 4.74 Å². The minimum atomic E-state index is 0.242. The predicted molar refractivity (Wildman–Crippen MR) is 120 cm³/mol. The maximum Gasteiger partial charge on any atom is 0.142 e. The Morgan fingerprint density at radius 1 is 0.667 bits per heavy atom. The van der Waals surface area contributed by atoms with Crippen LogP contribution in [-0.2, 0) is 5.41 Å². The van der Waals surface area contributed by atoms with Crippen LogP contribution in [0.2, 0.25) is 0 Å². The lowest BCUT2D eigenvalue weighted by atomic mass is 9.43. The lowest BCUT2D eigenvalue weighted by molar-refractivity contribution is -0.0400. The largest absolute Gasteiger partial charge is 0.455 e. The zero-order chi connectivity index (χ0) is 19.4. The maximum atomic E-state index is 6.39. The summed E-state index contributed by atoms with van der Waals surface area (Å²) in [7, 11) is 0. The molecule has 4 fully saturated rings. The van der Waals surface area contributed by atoms with Crippen LogP contribution in [0.15, 0.2) is 70.5 Å². The van der Waals surface area contributed by atoms with E-state index in [4.69, 9.17) is 4.74 Å². The van der Waals surface area contributed by atoms with E-state index in [1.54, 1.807) is 11.1 Å². The van der Waals surface area contributed by atoms with Gasteiger partial charge >= 0.3 is 0 Å². The van der Waals surface area contributed by atoms with Crippen LogP contribution in [0.4, 0.5) is 0 Å². The van der Waals surface area contributed by atoms with Crippen molar-refractivity contribution >= 4 is 11.8 Å². The van der Waals surface area contributed by atoms with Crippen molar-refractivity contribution in [3.63, 3.8) is 0 Å². The number of hydrogen-bond donors (Lipinski definition) is 0. The van der Waals surface area contributed by atoms with Crippen LogP contribution < -0.4 is 4.74 Å². The molecule has 0 radical (unpaired) electrons. The molecule has 0 amide bonds. The van der Waals surface area contributed by atoms with E-state index in [1.807, 2.05) is 11.8 Å². The third-order valence-corrected chi connectivity index (χ3v) is 10.0. The molecule has 4 bridgehead atoms. The Bertz CT molecular complexity index is 1200. The molecule has 6 aliphatic rings. The van der Waals surface area contributed by atoms with Crippen LogP contribution in [-0.4, -0.2) is 0 Å². The lowest BCUT2D eigenvalue weighted by Gasteiger charge is -2.61. The summed E-state index contributed by atoms with van der Waals surface area (Å²) in [6, 6.07) is 22.7. The van der Waals surface area contributed by atoms with E-state index in [1.165, 1.54) is 53.0 Å². The molecule has 0 saturated heterocycles. The fourth-order valence-electron chi connectivity index (χ4n) is 8.17. The first-order chi connectivity index (χ1) is 14.8. The molecule has 9 rings (SSSR count). The first kappa shape index (κ1) is 16.5. The summed E-state index contributed by atoms with van der Waals surface area (Å²) in [5, 5.41) is 0. The monoisotopic (exact) mass is 408 g/mol. The number of fused-ring (bicyclic) bond motifs is 5. The van der Waals surface area contributed by atoms with Crippen molar-refractivity contribution in [3.8, 4) is 22.6 Å². The molecular weight excluding hydrogens is 384 g/mol. The Kier molecular flexibility index (Phi) is 3.04. The van der Waals surface area contributed by atoms with Crippen LogP contribution in [0, 0.1) is 23.7 Å². The van der Waals surface area contributed by atoms with Gasteiger partial charge in [-0.2, -0.15) is 0 Å². The van der Waals surface area contributed by atoms with Crippen molar-refractivity contribution in [3.05, 3.63) is 71.8 Å². The Morgan fingerprint density at radius 3 is 2.23 bits per heavy atom. The quantitative estimate of drug-likeness (QED) is 0.295. The van der Waals surface area contributed by atoms with Gasteiger partial charge in [-0.15, -0.1) is 0 Å². The van der Waals surface area contributed by atoms with Crippen molar-refractivity contribution in [2.24, 2.45) is 23.7 Å². The number of rotatable bonds is 0. The fraction of sp³-hybridized carbons (Fsp3) is 0.357. The van der Waals surface area contributed by atoms with E-state index in [0.717, 1.165) is 35.2 Å². The summed E-state index contributed by atoms with van der Waals surface area (Å²) in [6.07, 6.45) is 7.24. The van der Waals surface area contributed by atoms with Crippen LogP contribution in [0.1, 0.15) is 43.2 Å². The number of para-hydroxylation sites is 1. The van der Waals surface area contributed by atoms with E-state index in [2.05, 4.69) is 60.7 Å². The SMILES string of the molecule is c1ccc2c(c1)Oc1cc3c(cc1S2)C1(c2ccccc2-3)C2CC3CC(C2)CC1C3. The highest BCUT2D eigenvalue weighted by atomic mass is 32.2. The smallest absolute Gasteiger partial charge is 0.142 e. The van der Waals surface area contributed by atoms with Gasteiger partial charge < -0.3 is 4.74 Å². The van der Waals surface area contributed by atoms with Crippen molar-refractivity contribution in [2.75, 3.05) is 0 Å². The molecule has 1 nitrogen and oxygen atoms in total. The Morgan fingerprint density at radius 2 is 1.40 bits per heavy atom. The van der Waals surface area contributed by atoms with Gasteiger partial charge in [0.25, 0.3) is 0 Å². The molecule has 4 saturated carbocycles. The van der Waals surface area contributed by atoms with Gasteiger partial charge in [-0.05, 0) is 102 Å². The van der Waals surface area contributed by atoms with Crippen molar-refractivity contribution in [2.45, 2.75) is 47.3 Å². The summed E-state index contributed by atoms with van der Waals surface area (Å²) < 4.78 is 6.39. The fourth-order valence-corrected chi connectivity index (χ4v) is 9.14. The first-order valence-electron chi connectivity index (χ1n) is 11.5. The second-order valence-electron chi connectivity index (χ2n) is 10.2. The zero-order valence-corrected chi connectivity index (χ0v) is 17.8. The lowest BCUT2D eigenvalue weighted by Crippen LogP contribution is -2.55. The summed E-state index contributed by atoms with van der Waals surface area (Å²) in [6.45, 7) is 0. The van der Waals surface area contributed by atoms with Gasteiger partial charge in [0, 0.05) is 5.41 Å². The van der Waals surface area contributed by atoms with Crippen LogP contribution >= 0.6 is 11.8 Å². The molecule has 1 spiro atoms. The minimum absolute atomic E-state index is 0.242. The number of ether oxygens (including phenoxy) is 1. The van der Waals surface area contributed by atoms with Gasteiger partial charge in [-0.3, -0.25) is 0 Å². The molecule has 0 aromatic heterocycles. The van der Waals surface area contributed by atoms with Gasteiger partial charge in [0.1, 0.15) is 11.5 Å². The van der Waals surface area contributed by atoms with E-state index in [9.17, 15) is 0 Å². The molecule has 1 heterocycles. The second kappa shape index (κ2) is 5.53. The third kappa shape index (κ3) is 1.88. The molecule has 0 unspecified atom stereocenters. The molecule has 2 heteroatoms. The molecule has 3 aromatic rings. The van der Waals surface area contributed by atoms with E-state index in [0.29, 0.717) is 0 Å². The Hall–Kier alpha value is -2.19. The standard InChI is InChI=1S/C28H24OS/c1-2-6-22-20(5-1)21-14-25-27(30-26-8-4-3-7-24(26)29-25)15-23(21)28(22)18-10-16-9-17(12-18)13-19(28)11-16/h1-8,14-19H,9-13H2. The molecule has 1 aliphatic heterocycles. The topological polar surface area (TPSA) is 9.23 Å². The van der Waals surface area contributed by atoms with E-state index in [-0.39, 0.29) is 5.41 Å². The summed E-state index contributed by atoms with van der Waals surface area (Å²) in [5.74, 6) is 5.62. The Labute approximate surface area is 181 Å². The number of hydrogen-bond acceptors (Lipinski definition) is 2. The summed E-state index contributed by atoms with van der Waals surface area (Å²) in [5.41, 5.74) is 6.39. The highest BCUT2D eigenvalue weighted by Crippen LogP contribution is 2.70. The van der Waals surface area contributed by atoms with Crippen LogP contribution in [0.5, 0.6) is 11.5 Å². The number of benzene rings is 3. The van der Waals surface area contributed by atoms with Gasteiger partial charge in [0.15, 0.2) is 0 Å². The van der Waals surface area contributed by atoms with Gasteiger partial charge in [-0.1, -0.05) is 48.2 Å². The first-order valence-corrected chi connectivity index (χ1v) is 12.4. The molecular formula is C28H24OS. The van der Waals surface area contributed by atoms with Crippen molar-refractivity contribution in [1.29, 1.82) is 0 Å². The van der Waals surface area contributed by atoms with Gasteiger partial charge in [-0.25, -0.2) is 0 Å². The highest BCUT2D eigenvalue weighted by molar-refractivity contribution is 7.99. The molecule has 148 valence electrons. The highest BCUT2D eigenvalue weighted by Gasteiger charge is 2.61. The second-order valence-corrected chi connectivity index (χ2v) is 11.3. The average Bonchev–Trinajstić information content (AvgIpc) is 3.04. The zero-order valence-electron chi connectivity index (χ0n) is 16.9. The summed E-state index contributed by atoms with van der Waals surface area (Å²) >= 11 is 1.89. The Balaban J connectivity index is 1.38. The summed E-state index contributed by atoms with van der Waals surface area (Å²) in [4.78, 5) is 2.54. The molecule has 0 N–H and O–H groups in total. The van der Waals surface area contributed by atoms with Crippen LogP contribution in [0.3, 0.4) is 0 Å². The average molecular weight is 409 g/mol. The molecule has 3 aromatic carbocycles. The molecule has 30 heavy (non-hydrogen) atoms. The van der Waals surface area contributed by atoms with Gasteiger partial charge in [0.2, 0.25) is 0 Å². The van der Waals surface area contributed by atoms with Crippen LogP contribution in [0.25, 0.3) is 11.1 Å². The van der Waals surface area contributed by atoms with Gasteiger partial charge in [0.05, 0.1) is 9.79 Å².